The van der Waals surface area contributed by atoms with Crippen LogP contribution in [0.1, 0.15) is 24.8 Å². The Morgan fingerprint density at radius 1 is 1.07 bits per heavy atom. The van der Waals surface area contributed by atoms with Gasteiger partial charge in [-0.1, -0.05) is 54.2 Å². The lowest BCUT2D eigenvalue weighted by Gasteiger charge is -2.11. The zero-order valence-corrected chi connectivity index (χ0v) is 15.4. The molecule has 5 rings (SSSR count). The van der Waals surface area contributed by atoms with Gasteiger partial charge < -0.3 is 4.42 Å². The van der Waals surface area contributed by atoms with Gasteiger partial charge in [-0.2, -0.15) is 0 Å². The molecule has 1 aliphatic rings. The largest absolute Gasteiger partial charge is 0.440 e. The molecule has 2 heterocycles. The van der Waals surface area contributed by atoms with E-state index in [-0.39, 0.29) is 11.6 Å². The van der Waals surface area contributed by atoms with Gasteiger partial charge in [0.1, 0.15) is 0 Å². The van der Waals surface area contributed by atoms with Crippen LogP contribution in [0.5, 0.6) is 0 Å². The van der Waals surface area contributed by atoms with Crippen LogP contribution in [-0.4, -0.2) is 14.5 Å². The molecule has 2 aromatic heterocycles. The maximum Gasteiger partial charge on any atom is 0.262 e. The van der Waals surface area contributed by atoms with Crippen LogP contribution in [-0.2, 0) is 5.75 Å². The number of aromatic nitrogens is 3. The minimum atomic E-state index is 0.0444. The minimum Gasteiger partial charge on any atom is -0.440 e. The predicted molar refractivity (Wildman–Crippen MR) is 106 cm³/mol. The average molecular weight is 375 g/mol. The lowest BCUT2D eigenvalue weighted by Crippen LogP contribution is -2.22. The van der Waals surface area contributed by atoms with Gasteiger partial charge >= 0.3 is 0 Å². The first-order valence-corrected chi connectivity index (χ1v) is 9.92. The van der Waals surface area contributed by atoms with Crippen LogP contribution in [0.4, 0.5) is 0 Å². The second-order valence-electron chi connectivity index (χ2n) is 6.59. The van der Waals surface area contributed by atoms with Gasteiger partial charge in [-0.3, -0.25) is 9.36 Å². The Kier molecular flexibility index (Phi) is 4.05. The van der Waals surface area contributed by atoms with Crippen molar-refractivity contribution in [3.63, 3.8) is 0 Å². The van der Waals surface area contributed by atoms with Crippen molar-refractivity contribution in [1.29, 1.82) is 0 Å². The van der Waals surface area contributed by atoms with Crippen LogP contribution in [0.3, 0.4) is 0 Å². The fraction of sp³-hybridized carbons (Fsp3) is 0.190. The molecule has 6 heteroatoms. The van der Waals surface area contributed by atoms with Crippen molar-refractivity contribution in [2.45, 2.75) is 29.8 Å². The Balaban J connectivity index is 1.44. The Morgan fingerprint density at radius 2 is 1.85 bits per heavy atom. The molecule has 5 nitrogen and oxygen atoms in total. The van der Waals surface area contributed by atoms with Crippen molar-refractivity contribution in [3.8, 4) is 11.3 Å². The number of nitrogens with zero attached hydrogens (tertiary/aromatic N) is 3. The van der Waals surface area contributed by atoms with Crippen molar-refractivity contribution in [2.24, 2.45) is 0 Å². The highest BCUT2D eigenvalue weighted by Crippen LogP contribution is 2.37. The fourth-order valence-corrected chi connectivity index (χ4v) is 4.04. The standard InChI is InChI=1S/C21H17N3O2S/c25-20-16-8-4-5-9-17(16)23-21(24(20)15-10-11-15)27-13-19-22-12-18(26-19)14-6-2-1-3-7-14/h1-9,12,15H,10-11,13H2. The van der Waals surface area contributed by atoms with E-state index in [1.165, 1.54) is 11.8 Å². The number of para-hydroxylation sites is 1. The molecule has 0 spiro atoms. The molecular weight excluding hydrogens is 358 g/mol. The first kappa shape index (κ1) is 16.3. The topological polar surface area (TPSA) is 60.9 Å². The van der Waals surface area contributed by atoms with Gasteiger partial charge in [-0.05, 0) is 25.0 Å². The molecule has 1 fully saturated rings. The predicted octanol–water partition coefficient (Wildman–Crippen LogP) is 4.68. The molecule has 0 bridgehead atoms. The summed E-state index contributed by atoms with van der Waals surface area (Å²) in [6.45, 7) is 0. The van der Waals surface area contributed by atoms with Crippen molar-refractivity contribution in [2.75, 3.05) is 0 Å². The molecule has 134 valence electrons. The normalized spacial score (nSPS) is 13.9. The van der Waals surface area contributed by atoms with Crippen LogP contribution in [0.15, 0.2) is 75.2 Å². The zero-order valence-electron chi connectivity index (χ0n) is 14.5. The highest BCUT2D eigenvalue weighted by Gasteiger charge is 2.28. The molecule has 0 amide bonds. The Labute approximate surface area is 160 Å². The average Bonchev–Trinajstić information content (AvgIpc) is 3.43. The van der Waals surface area contributed by atoms with Gasteiger partial charge in [0.15, 0.2) is 10.9 Å². The number of benzene rings is 2. The van der Waals surface area contributed by atoms with E-state index in [0.29, 0.717) is 17.0 Å². The zero-order chi connectivity index (χ0) is 18.2. The third-order valence-electron chi connectivity index (χ3n) is 4.62. The lowest BCUT2D eigenvalue weighted by atomic mass is 10.2. The van der Waals surface area contributed by atoms with Crippen molar-refractivity contribution in [3.05, 3.63) is 77.0 Å². The molecule has 1 saturated carbocycles. The molecule has 0 saturated heterocycles. The number of fused-ring (bicyclic) bond motifs is 1. The first-order chi connectivity index (χ1) is 13.3. The Hall–Kier alpha value is -2.86. The highest BCUT2D eigenvalue weighted by molar-refractivity contribution is 7.98. The summed E-state index contributed by atoms with van der Waals surface area (Å²) in [7, 11) is 0. The first-order valence-electron chi connectivity index (χ1n) is 8.94. The molecule has 0 aliphatic heterocycles. The smallest absolute Gasteiger partial charge is 0.262 e. The Morgan fingerprint density at radius 3 is 2.67 bits per heavy atom. The monoisotopic (exact) mass is 375 g/mol. The van der Waals surface area contributed by atoms with Gasteiger partial charge in [0.05, 0.1) is 22.9 Å². The number of hydrogen-bond donors (Lipinski definition) is 0. The molecule has 0 N–H and O–H groups in total. The van der Waals surface area contributed by atoms with E-state index in [0.717, 1.165) is 34.8 Å². The molecule has 0 radical (unpaired) electrons. The van der Waals surface area contributed by atoms with Crippen molar-refractivity contribution in [1.82, 2.24) is 14.5 Å². The van der Waals surface area contributed by atoms with Crippen LogP contribution < -0.4 is 5.56 Å². The molecule has 27 heavy (non-hydrogen) atoms. The summed E-state index contributed by atoms with van der Waals surface area (Å²) in [6.07, 6.45) is 3.81. The molecule has 4 aromatic rings. The summed E-state index contributed by atoms with van der Waals surface area (Å²) in [6, 6.07) is 17.7. The van der Waals surface area contributed by atoms with Gasteiger partial charge in [0, 0.05) is 11.6 Å². The van der Waals surface area contributed by atoms with E-state index in [1.54, 1.807) is 6.20 Å². The number of thioether (sulfide) groups is 1. The summed E-state index contributed by atoms with van der Waals surface area (Å²) < 4.78 is 7.72. The van der Waals surface area contributed by atoms with Gasteiger partial charge in [0.25, 0.3) is 5.56 Å². The van der Waals surface area contributed by atoms with E-state index < -0.39 is 0 Å². The second kappa shape index (κ2) is 6.70. The minimum absolute atomic E-state index is 0.0444. The van der Waals surface area contributed by atoms with E-state index in [2.05, 4.69) is 4.98 Å². The molecular formula is C21H17N3O2S. The van der Waals surface area contributed by atoms with Crippen LogP contribution in [0.25, 0.3) is 22.2 Å². The van der Waals surface area contributed by atoms with Crippen LogP contribution in [0, 0.1) is 0 Å². The van der Waals surface area contributed by atoms with E-state index in [9.17, 15) is 4.79 Å². The van der Waals surface area contributed by atoms with Crippen molar-refractivity contribution < 1.29 is 4.42 Å². The SMILES string of the molecule is O=c1c2ccccc2nc(SCc2ncc(-c3ccccc3)o2)n1C1CC1. The van der Waals surface area contributed by atoms with Gasteiger partial charge in [-0.15, -0.1) is 0 Å². The molecule has 0 atom stereocenters. The molecule has 2 aromatic carbocycles. The van der Waals surface area contributed by atoms with Gasteiger partial charge in [-0.25, -0.2) is 9.97 Å². The maximum atomic E-state index is 12.9. The second-order valence-corrected chi connectivity index (χ2v) is 7.53. The Bertz CT molecular complexity index is 1160. The third-order valence-corrected chi connectivity index (χ3v) is 5.56. The summed E-state index contributed by atoms with van der Waals surface area (Å²) in [4.78, 5) is 22.0. The van der Waals surface area contributed by atoms with E-state index in [1.807, 2.05) is 59.2 Å². The molecule has 1 aliphatic carbocycles. The number of hydrogen-bond acceptors (Lipinski definition) is 5. The summed E-state index contributed by atoms with van der Waals surface area (Å²) in [5.41, 5.74) is 1.78. The number of rotatable bonds is 5. The number of oxazole rings is 1. The summed E-state index contributed by atoms with van der Waals surface area (Å²) in [5.74, 6) is 1.91. The van der Waals surface area contributed by atoms with E-state index >= 15 is 0 Å². The fourth-order valence-electron chi connectivity index (χ4n) is 3.12. The lowest BCUT2D eigenvalue weighted by molar-refractivity contribution is 0.529. The third kappa shape index (κ3) is 3.17. The van der Waals surface area contributed by atoms with Crippen molar-refractivity contribution >= 4 is 22.7 Å². The molecule has 0 unspecified atom stereocenters. The summed E-state index contributed by atoms with van der Waals surface area (Å²) in [5, 5.41) is 1.41. The van der Waals surface area contributed by atoms with Crippen LogP contribution >= 0.6 is 11.8 Å². The van der Waals surface area contributed by atoms with E-state index in [4.69, 9.17) is 9.40 Å². The van der Waals surface area contributed by atoms with Crippen LogP contribution in [0.2, 0.25) is 0 Å². The summed E-state index contributed by atoms with van der Waals surface area (Å²) >= 11 is 1.50. The quantitative estimate of drug-likeness (QED) is 0.374. The highest BCUT2D eigenvalue weighted by atomic mass is 32.2. The van der Waals surface area contributed by atoms with Gasteiger partial charge in [0.2, 0.25) is 5.89 Å². The maximum absolute atomic E-state index is 12.9.